The molecule has 1 N–H and O–H groups in total. The van der Waals surface area contributed by atoms with Gasteiger partial charge in [0.1, 0.15) is 5.60 Å². The highest BCUT2D eigenvalue weighted by atomic mass is 16.6. The van der Waals surface area contributed by atoms with Gasteiger partial charge in [0, 0.05) is 17.7 Å². The summed E-state index contributed by atoms with van der Waals surface area (Å²) in [5.41, 5.74) is 1.70. The van der Waals surface area contributed by atoms with Crippen molar-refractivity contribution in [3.63, 3.8) is 0 Å². The van der Waals surface area contributed by atoms with Gasteiger partial charge >= 0.3 is 5.97 Å². The van der Waals surface area contributed by atoms with Crippen molar-refractivity contribution in [1.82, 2.24) is 4.90 Å². The van der Waals surface area contributed by atoms with Crippen molar-refractivity contribution in [2.45, 2.75) is 38.8 Å². The average Bonchev–Trinajstić information content (AvgIpc) is 3.05. The van der Waals surface area contributed by atoms with E-state index in [0.29, 0.717) is 5.56 Å². The van der Waals surface area contributed by atoms with Crippen LogP contribution in [-0.4, -0.2) is 40.1 Å². The van der Waals surface area contributed by atoms with Crippen LogP contribution >= 0.6 is 0 Å². The number of esters is 1. The third kappa shape index (κ3) is 4.93. The summed E-state index contributed by atoms with van der Waals surface area (Å²) in [5, 5.41) is 10.1. The quantitative estimate of drug-likeness (QED) is 0.783. The zero-order valence-electron chi connectivity index (χ0n) is 17.0. The van der Waals surface area contributed by atoms with Gasteiger partial charge in [-0.15, -0.1) is 0 Å². The van der Waals surface area contributed by atoms with Crippen LogP contribution in [0.5, 0.6) is 0 Å². The molecule has 29 heavy (non-hydrogen) atoms. The Labute approximate surface area is 171 Å². The molecule has 2 aromatic rings. The van der Waals surface area contributed by atoms with Crippen LogP contribution in [0.4, 0.5) is 0 Å². The number of nitrogens with zero attached hydrogens (tertiary/aromatic N) is 1. The van der Waals surface area contributed by atoms with E-state index < -0.39 is 11.6 Å². The van der Waals surface area contributed by atoms with Crippen LogP contribution in [0.2, 0.25) is 0 Å². The van der Waals surface area contributed by atoms with Gasteiger partial charge in [-0.2, -0.15) is 0 Å². The van der Waals surface area contributed by atoms with Crippen molar-refractivity contribution in [2.75, 3.05) is 6.61 Å². The third-order valence-corrected chi connectivity index (χ3v) is 4.86. The molecule has 0 fully saturated rings. The van der Waals surface area contributed by atoms with Gasteiger partial charge in [-0.05, 0) is 44.0 Å². The summed E-state index contributed by atoms with van der Waals surface area (Å²) >= 11 is 0. The summed E-state index contributed by atoms with van der Waals surface area (Å²) in [6, 6.07) is 18.0. The molecule has 0 aromatic heterocycles. The Morgan fingerprint density at radius 2 is 1.59 bits per heavy atom. The molecule has 1 amide bonds. The SMILES string of the molecule is CC(C)(C)OC(=O)C[C@H]1C(c2ccccc2)=CN(C(=O)c2ccccc2)[C@@H]1CO. The molecule has 1 aliphatic rings. The molecule has 1 heterocycles. The van der Waals surface area contributed by atoms with Gasteiger partial charge in [-0.25, -0.2) is 0 Å². The maximum absolute atomic E-state index is 13.1. The summed E-state index contributed by atoms with van der Waals surface area (Å²) in [6.45, 7) is 5.21. The number of carbonyl (C=O) groups excluding carboxylic acids is 2. The van der Waals surface area contributed by atoms with E-state index in [9.17, 15) is 14.7 Å². The van der Waals surface area contributed by atoms with Crippen LogP contribution in [0, 0.1) is 5.92 Å². The standard InChI is InChI=1S/C24H27NO4/c1-24(2,3)29-22(27)14-19-20(17-10-6-4-7-11-17)15-25(21(19)16-26)23(28)18-12-8-5-9-13-18/h4-13,15,19,21,26H,14,16H2,1-3H3/t19-,21+/m0/s1. The predicted octanol–water partition coefficient (Wildman–Crippen LogP) is 3.89. The molecule has 1 aliphatic heterocycles. The summed E-state index contributed by atoms with van der Waals surface area (Å²) in [5.74, 6) is -0.911. The Bertz CT molecular complexity index is 884. The average molecular weight is 393 g/mol. The molecule has 5 nitrogen and oxygen atoms in total. The summed E-state index contributed by atoms with van der Waals surface area (Å²) in [6.07, 6.45) is 1.85. The van der Waals surface area contributed by atoms with Gasteiger partial charge in [-0.1, -0.05) is 48.5 Å². The smallest absolute Gasteiger partial charge is 0.307 e. The normalized spacial score (nSPS) is 19.0. The molecule has 2 atom stereocenters. The van der Waals surface area contributed by atoms with Crippen molar-refractivity contribution in [3.05, 3.63) is 78.0 Å². The fourth-order valence-corrected chi connectivity index (χ4v) is 3.62. The van der Waals surface area contributed by atoms with Crippen molar-refractivity contribution in [3.8, 4) is 0 Å². The molecular formula is C24H27NO4. The van der Waals surface area contributed by atoms with Crippen LogP contribution in [0.3, 0.4) is 0 Å². The molecule has 0 unspecified atom stereocenters. The second-order valence-electron chi connectivity index (χ2n) is 8.18. The zero-order chi connectivity index (χ0) is 21.0. The number of carbonyl (C=O) groups is 2. The first kappa shape index (κ1) is 20.8. The lowest BCUT2D eigenvalue weighted by atomic mass is 9.87. The molecule has 0 bridgehead atoms. The lowest BCUT2D eigenvalue weighted by molar-refractivity contribution is -0.155. The van der Waals surface area contributed by atoms with Gasteiger partial charge in [-0.3, -0.25) is 9.59 Å². The second kappa shape index (κ2) is 8.62. The minimum atomic E-state index is -0.597. The molecule has 0 radical (unpaired) electrons. The van der Waals surface area contributed by atoms with E-state index in [0.717, 1.165) is 11.1 Å². The third-order valence-electron chi connectivity index (χ3n) is 4.86. The highest BCUT2D eigenvalue weighted by Gasteiger charge is 2.40. The molecule has 0 spiro atoms. The Morgan fingerprint density at radius 3 is 2.14 bits per heavy atom. The number of hydrogen-bond acceptors (Lipinski definition) is 4. The van der Waals surface area contributed by atoms with Gasteiger partial charge in [0.05, 0.1) is 19.1 Å². The lowest BCUT2D eigenvalue weighted by Crippen LogP contribution is -2.40. The van der Waals surface area contributed by atoms with E-state index in [-0.39, 0.29) is 30.8 Å². The van der Waals surface area contributed by atoms with Crippen molar-refractivity contribution in [2.24, 2.45) is 5.92 Å². The zero-order valence-corrected chi connectivity index (χ0v) is 17.0. The first-order chi connectivity index (χ1) is 13.8. The number of aliphatic hydroxyl groups is 1. The molecule has 5 heteroatoms. The van der Waals surface area contributed by atoms with Crippen molar-refractivity contribution in [1.29, 1.82) is 0 Å². The van der Waals surface area contributed by atoms with E-state index in [4.69, 9.17) is 4.74 Å². The monoisotopic (exact) mass is 393 g/mol. The first-order valence-electron chi connectivity index (χ1n) is 9.77. The van der Waals surface area contributed by atoms with E-state index in [1.807, 2.05) is 57.2 Å². The number of benzene rings is 2. The first-order valence-corrected chi connectivity index (χ1v) is 9.77. The summed E-state index contributed by atoms with van der Waals surface area (Å²) in [4.78, 5) is 27.2. The Morgan fingerprint density at radius 1 is 1.00 bits per heavy atom. The molecule has 0 aliphatic carbocycles. The van der Waals surface area contributed by atoms with Gasteiger partial charge < -0.3 is 14.7 Å². The fourth-order valence-electron chi connectivity index (χ4n) is 3.62. The molecule has 0 saturated carbocycles. The second-order valence-corrected chi connectivity index (χ2v) is 8.18. The Hall–Kier alpha value is -2.92. The minimum Gasteiger partial charge on any atom is -0.460 e. The van der Waals surface area contributed by atoms with E-state index in [2.05, 4.69) is 0 Å². The Balaban J connectivity index is 1.95. The predicted molar refractivity (Wildman–Crippen MR) is 112 cm³/mol. The van der Waals surface area contributed by atoms with Crippen LogP contribution in [-0.2, 0) is 9.53 Å². The summed E-state index contributed by atoms with van der Waals surface area (Å²) in [7, 11) is 0. The summed E-state index contributed by atoms with van der Waals surface area (Å²) < 4.78 is 5.51. The van der Waals surface area contributed by atoms with Crippen LogP contribution in [0.15, 0.2) is 66.9 Å². The lowest BCUT2D eigenvalue weighted by Gasteiger charge is -2.28. The van der Waals surface area contributed by atoms with Gasteiger partial charge in [0.15, 0.2) is 0 Å². The van der Waals surface area contributed by atoms with Crippen LogP contribution in [0.1, 0.15) is 43.1 Å². The van der Waals surface area contributed by atoms with E-state index in [1.165, 1.54) is 0 Å². The fraction of sp³-hybridized carbons (Fsp3) is 0.333. The van der Waals surface area contributed by atoms with Crippen molar-refractivity contribution < 1.29 is 19.4 Å². The topological polar surface area (TPSA) is 66.8 Å². The highest BCUT2D eigenvalue weighted by molar-refractivity contribution is 5.97. The Kier molecular flexibility index (Phi) is 6.18. The van der Waals surface area contributed by atoms with Crippen LogP contribution in [0.25, 0.3) is 5.57 Å². The number of hydrogen-bond donors (Lipinski definition) is 1. The highest BCUT2D eigenvalue weighted by Crippen LogP contribution is 2.38. The molecular weight excluding hydrogens is 366 g/mol. The van der Waals surface area contributed by atoms with E-state index in [1.54, 1.807) is 35.4 Å². The molecule has 0 saturated heterocycles. The van der Waals surface area contributed by atoms with Crippen LogP contribution < -0.4 is 0 Å². The number of rotatable bonds is 5. The maximum Gasteiger partial charge on any atom is 0.307 e. The van der Waals surface area contributed by atoms with E-state index >= 15 is 0 Å². The molecule has 152 valence electrons. The van der Waals surface area contributed by atoms with Gasteiger partial charge in [0.2, 0.25) is 0 Å². The molecule has 3 rings (SSSR count). The maximum atomic E-state index is 13.1. The molecule has 2 aromatic carbocycles. The van der Waals surface area contributed by atoms with Gasteiger partial charge in [0.25, 0.3) is 5.91 Å². The number of ether oxygens (including phenoxy) is 1. The number of aliphatic hydroxyl groups excluding tert-OH is 1. The minimum absolute atomic E-state index is 0.0851. The van der Waals surface area contributed by atoms with Crippen molar-refractivity contribution >= 4 is 17.4 Å². The number of amides is 1. The largest absolute Gasteiger partial charge is 0.460 e.